The average Bonchev–Trinajstić information content (AvgIpc) is 2.58. The number of furan rings is 1. The number of carbonyl (C=O) groups excluding carboxylic acids is 2. The quantitative estimate of drug-likeness (QED) is 0.822. The van der Waals surface area contributed by atoms with E-state index in [0.29, 0.717) is 11.3 Å². The van der Waals surface area contributed by atoms with Crippen LogP contribution in [0, 0.1) is 6.92 Å². The molecule has 5 nitrogen and oxygen atoms in total. The molecule has 1 heterocycles. The molecule has 1 aromatic rings. The summed E-state index contributed by atoms with van der Waals surface area (Å²) >= 11 is 0. The number of hydrogen-bond acceptors (Lipinski definition) is 4. The highest BCUT2D eigenvalue weighted by atomic mass is 16.6. The number of nitrogens with one attached hydrogen (secondary N) is 1. The number of ketones is 1. The van der Waals surface area contributed by atoms with E-state index in [1.807, 2.05) is 0 Å². The van der Waals surface area contributed by atoms with Gasteiger partial charge in [0, 0.05) is 0 Å². The van der Waals surface area contributed by atoms with Crippen LogP contribution in [0.15, 0.2) is 16.7 Å². The Balaban J connectivity index is 2.41. The first kappa shape index (κ1) is 13.3. The van der Waals surface area contributed by atoms with Crippen LogP contribution in [-0.4, -0.2) is 24.0 Å². The van der Waals surface area contributed by atoms with Crippen molar-refractivity contribution in [3.8, 4) is 0 Å². The molecule has 0 aliphatic carbocycles. The van der Waals surface area contributed by atoms with E-state index >= 15 is 0 Å². The summed E-state index contributed by atoms with van der Waals surface area (Å²) in [6.07, 6.45) is 0.764. The zero-order chi connectivity index (χ0) is 13.1. The molecule has 0 spiro atoms. The first-order valence-electron chi connectivity index (χ1n) is 5.33. The summed E-state index contributed by atoms with van der Waals surface area (Å²) in [7, 11) is 0. The molecular weight excluding hydrogens is 222 g/mol. The monoisotopic (exact) mass is 239 g/mol. The molecule has 5 heteroatoms. The Labute approximate surface area is 100 Å². The Morgan fingerprint density at radius 3 is 2.53 bits per heavy atom. The third kappa shape index (κ3) is 4.72. The number of amides is 1. The maximum Gasteiger partial charge on any atom is 0.408 e. The molecular formula is C12H17NO4. The minimum atomic E-state index is -0.605. The number of hydrogen-bond donors (Lipinski definition) is 1. The van der Waals surface area contributed by atoms with Crippen molar-refractivity contribution < 1.29 is 18.7 Å². The van der Waals surface area contributed by atoms with Gasteiger partial charge in [-0.3, -0.25) is 4.79 Å². The molecule has 94 valence electrons. The molecule has 0 aliphatic heterocycles. The van der Waals surface area contributed by atoms with E-state index in [1.54, 1.807) is 33.8 Å². The van der Waals surface area contributed by atoms with Crippen LogP contribution < -0.4 is 5.32 Å². The van der Waals surface area contributed by atoms with Gasteiger partial charge in [-0.15, -0.1) is 0 Å². The summed E-state index contributed by atoms with van der Waals surface area (Å²) in [4.78, 5) is 22.9. The highest BCUT2D eigenvalue weighted by Crippen LogP contribution is 2.08. The number of carbonyl (C=O) groups is 2. The molecule has 1 amide bonds. The second-order valence-electron chi connectivity index (χ2n) is 4.72. The fourth-order valence-corrected chi connectivity index (χ4v) is 1.16. The van der Waals surface area contributed by atoms with Gasteiger partial charge < -0.3 is 14.5 Å². The lowest BCUT2D eigenvalue weighted by Crippen LogP contribution is -2.35. The van der Waals surface area contributed by atoms with Crippen molar-refractivity contribution in [2.24, 2.45) is 0 Å². The second-order valence-corrected chi connectivity index (χ2v) is 4.72. The largest absolute Gasteiger partial charge is 0.469 e. The van der Waals surface area contributed by atoms with Crippen molar-refractivity contribution in [2.75, 3.05) is 6.54 Å². The molecule has 0 unspecified atom stereocenters. The van der Waals surface area contributed by atoms with E-state index < -0.39 is 11.7 Å². The molecule has 1 rings (SSSR count). The van der Waals surface area contributed by atoms with Gasteiger partial charge in [-0.05, 0) is 33.8 Å². The number of alkyl carbamates (subject to hydrolysis) is 1. The van der Waals surface area contributed by atoms with Gasteiger partial charge in [0.05, 0.1) is 12.1 Å². The summed E-state index contributed by atoms with van der Waals surface area (Å²) in [5.74, 6) is 0.443. The molecule has 0 bridgehead atoms. The van der Waals surface area contributed by atoms with Crippen molar-refractivity contribution in [3.05, 3.63) is 23.7 Å². The van der Waals surface area contributed by atoms with Gasteiger partial charge in [-0.1, -0.05) is 0 Å². The molecule has 0 saturated heterocycles. The van der Waals surface area contributed by atoms with Gasteiger partial charge in [-0.2, -0.15) is 0 Å². The molecule has 0 fully saturated rings. The number of ether oxygens (including phenoxy) is 1. The molecule has 0 atom stereocenters. The van der Waals surface area contributed by atoms with Crippen LogP contribution in [0.2, 0.25) is 0 Å². The van der Waals surface area contributed by atoms with Crippen molar-refractivity contribution in [1.82, 2.24) is 5.32 Å². The van der Waals surface area contributed by atoms with Crippen LogP contribution in [0.5, 0.6) is 0 Å². The van der Waals surface area contributed by atoms with Crippen LogP contribution >= 0.6 is 0 Å². The highest BCUT2D eigenvalue weighted by Gasteiger charge is 2.17. The summed E-state index contributed by atoms with van der Waals surface area (Å²) in [5.41, 5.74) is -0.127. The number of aryl methyl sites for hydroxylation is 1. The third-order valence-electron chi connectivity index (χ3n) is 1.84. The lowest BCUT2D eigenvalue weighted by molar-refractivity contribution is 0.0520. The Morgan fingerprint density at radius 1 is 1.41 bits per heavy atom. The van der Waals surface area contributed by atoms with E-state index in [2.05, 4.69) is 5.32 Å². The smallest absolute Gasteiger partial charge is 0.408 e. The van der Waals surface area contributed by atoms with E-state index in [4.69, 9.17) is 9.15 Å². The molecule has 0 radical (unpaired) electrons. The first-order valence-corrected chi connectivity index (χ1v) is 5.33. The van der Waals surface area contributed by atoms with Crippen molar-refractivity contribution >= 4 is 11.9 Å². The zero-order valence-corrected chi connectivity index (χ0v) is 10.5. The van der Waals surface area contributed by atoms with Gasteiger partial charge in [0.25, 0.3) is 0 Å². The Kier molecular flexibility index (Phi) is 3.93. The highest BCUT2D eigenvalue weighted by molar-refractivity contribution is 5.98. The van der Waals surface area contributed by atoms with Gasteiger partial charge in [0.2, 0.25) is 0 Å². The Hall–Kier alpha value is -1.78. The van der Waals surface area contributed by atoms with Gasteiger partial charge in [0.15, 0.2) is 5.78 Å². The summed E-state index contributed by atoms with van der Waals surface area (Å²) in [6, 6.07) is 1.62. The maximum atomic E-state index is 11.6. The fourth-order valence-electron chi connectivity index (χ4n) is 1.16. The lowest BCUT2D eigenvalue weighted by atomic mass is 10.2. The topological polar surface area (TPSA) is 68.5 Å². The molecule has 0 aromatic carbocycles. The van der Waals surface area contributed by atoms with Gasteiger partial charge in [-0.25, -0.2) is 4.79 Å². The van der Waals surface area contributed by atoms with Gasteiger partial charge >= 0.3 is 6.09 Å². The Bertz CT molecular complexity index is 414. The molecule has 17 heavy (non-hydrogen) atoms. The zero-order valence-electron chi connectivity index (χ0n) is 10.5. The molecule has 1 aromatic heterocycles. The second kappa shape index (κ2) is 5.03. The SMILES string of the molecule is Cc1cc(C(=O)CNC(=O)OC(C)(C)C)co1. The van der Waals surface area contributed by atoms with Crippen molar-refractivity contribution in [2.45, 2.75) is 33.3 Å². The minimum Gasteiger partial charge on any atom is -0.469 e. The van der Waals surface area contributed by atoms with Crippen LogP contribution in [0.3, 0.4) is 0 Å². The molecule has 0 saturated carbocycles. The first-order chi connectivity index (χ1) is 7.78. The van der Waals surface area contributed by atoms with Crippen molar-refractivity contribution in [1.29, 1.82) is 0 Å². The van der Waals surface area contributed by atoms with E-state index in [1.165, 1.54) is 6.26 Å². The molecule has 0 aliphatic rings. The minimum absolute atomic E-state index is 0.103. The van der Waals surface area contributed by atoms with Crippen LogP contribution in [0.1, 0.15) is 36.9 Å². The van der Waals surface area contributed by atoms with Crippen LogP contribution in [0.25, 0.3) is 0 Å². The van der Waals surface area contributed by atoms with E-state index in [-0.39, 0.29) is 12.3 Å². The normalized spacial score (nSPS) is 11.1. The summed E-state index contributed by atoms with van der Waals surface area (Å²) < 4.78 is 10.0. The van der Waals surface area contributed by atoms with Gasteiger partial charge in [0.1, 0.15) is 17.6 Å². The summed E-state index contributed by atoms with van der Waals surface area (Å²) in [6.45, 7) is 6.92. The van der Waals surface area contributed by atoms with E-state index in [9.17, 15) is 9.59 Å². The summed E-state index contributed by atoms with van der Waals surface area (Å²) in [5, 5.41) is 2.39. The number of Topliss-reactive ketones (excluding diaryl/α,β-unsaturated/α-hetero) is 1. The van der Waals surface area contributed by atoms with Crippen LogP contribution in [0.4, 0.5) is 4.79 Å². The Morgan fingerprint density at radius 2 is 2.06 bits per heavy atom. The fraction of sp³-hybridized carbons (Fsp3) is 0.500. The van der Waals surface area contributed by atoms with Crippen molar-refractivity contribution in [3.63, 3.8) is 0 Å². The lowest BCUT2D eigenvalue weighted by Gasteiger charge is -2.19. The standard InChI is InChI=1S/C12H17NO4/c1-8-5-9(7-16-8)10(14)6-13-11(15)17-12(2,3)4/h5,7H,6H2,1-4H3,(H,13,15). The average molecular weight is 239 g/mol. The maximum absolute atomic E-state index is 11.6. The number of rotatable bonds is 3. The molecule has 1 N–H and O–H groups in total. The predicted octanol–water partition coefficient (Wildman–Crippen LogP) is 2.30. The predicted molar refractivity (Wildman–Crippen MR) is 62.0 cm³/mol. The van der Waals surface area contributed by atoms with E-state index in [0.717, 1.165) is 0 Å². The van der Waals surface area contributed by atoms with Crippen LogP contribution in [-0.2, 0) is 4.74 Å². The third-order valence-corrected chi connectivity index (χ3v) is 1.84.